The predicted octanol–water partition coefficient (Wildman–Crippen LogP) is 0.986. The number of nitrogens with one attached hydrogen (secondary N) is 1. The summed E-state index contributed by atoms with van der Waals surface area (Å²) in [6.07, 6.45) is 0. The molecule has 0 radical (unpaired) electrons. The van der Waals surface area contributed by atoms with E-state index in [-0.39, 0.29) is 18.2 Å². The van der Waals surface area contributed by atoms with Crippen LogP contribution in [0.25, 0.3) is 0 Å². The lowest BCUT2D eigenvalue weighted by molar-refractivity contribution is -0.125. The molecular weight excluding hydrogens is 223 g/mol. The number of halogens is 2. The number of hydrogen-bond donors (Lipinski definition) is 2. The Morgan fingerprint density at radius 3 is 3.00 bits per heavy atom. The van der Waals surface area contributed by atoms with E-state index in [0.717, 1.165) is 0 Å². The quantitative estimate of drug-likeness (QED) is 0.588. The fourth-order valence-corrected chi connectivity index (χ4v) is 1.13. The number of hydroxylamine groups is 1. The molecule has 0 atom stereocenters. The first kappa shape index (κ1) is 11.9. The van der Waals surface area contributed by atoms with Gasteiger partial charge < -0.3 is 5.73 Å². The summed E-state index contributed by atoms with van der Waals surface area (Å²) in [5.41, 5.74) is 7.83. The molecular formula is C9H10ClFN2O2. The maximum atomic E-state index is 12.9. The molecule has 0 spiro atoms. The molecule has 0 bridgehead atoms. The van der Waals surface area contributed by atoms with Gasteiger partial charge in [0.05, 0.1) is 5.02 Å². The van der Waals surface area contributed by atoms with E-state index < -0.39 is 11.7 Å². The van der Waals surface area contributed by atoms with Gasteiger partial charge in [-0.2, -0.15) is 5.48 Å². The Kier molecular flexibility index (Phi) is 4.48. The van der Waals surface area contributed by atoms with E-state index in [2.05, 4.69) is 10.3 Å². The van der Waals surface area contributed by atoms with Gasteiger partial charge in [0.1, 0.15) is 12.4 Å². The Hall–Kier alpha value is -1.17. The van der Waals surface area contributed by atoms with Gasteiger partial charge in [0, 0.05) is 6.54 Å². The number of carbonyl (C=O) groups is 1. The van der Waals surface area contributed by atoms with E-state index in [1.807, 2.05) is 0 Å². The highest BCUT2D eigenvalue weighted by Crippen LogP contribution is 2.19. The summed E-state index contributed by atoms with van der Waals surface area (Å²) in [4.78, 5) is 15.0. The van der Waals surface area contributed by atoms with Crippen molar-refractivity contribution in [3.63, 3.8) is 0 Å². The van der Waals surface area contributed by atoms with Gasteiger partial charge in [-0.15, -0.1) is 0 Å². The van der Waals surface area contributed by atoms with E-state index in [4.69, 9.17) is 17.3 Å². The van der Waals surface area contributed by atoms with Crippen LogP contribution >= 0.6 is 11.6 Å². The topological polar surface area (TPSA) is 64.4 Å². The first-order chi connectivity index (χ1) is 7.11. The minimum atomic E-state index is -0.590. The molecule has 0 saturated heterocycles. The summed E-state index contributed by atoms with van der Waals surface area (Å²) in [5.74, 6) is -1.08. The molecule has 1 rings (SSSR count). The van der Waals surface area contributed by atoms with Crippen LogP contribution in [0.4, 0.5) is 4.39 Å². The van der Waals surface area contributed by atoms with Crippen molar-refractivity contribution in [1.82, 2.24) is 5.48 Å². The average molecular weight is 233 g/mol. The molecule has 0 heterocycles. The monoisotopic (exact) mass is 232 g/mol. The Bertz CT molecular complexity index is 360. The minimum Gasteiger partial charge on any atom is -0.368 e. The van der Waals surface area contributed by atoms with Crippen molar-refractivity contribution >= 4 is 17.5 Å². The number of amides is 1. The van der Waals surface area contributed by atoms with E-state index in [0.29, 0.717) is 5.56 Å². The first-order valence-corrected chi connectivity index (χ1v) is 4.55. The number of benzene rings is 1. The standard InChI is InChI=1S/C9H10ClFN2O2/c10-9-6(2-1-3-7(9)11)4-13-15-5-8(12)14/h1-3,13H,4-5H2,(H2,12,14). The van der Waals surface area contributed by atoms with E-state index >= 15 is 0 Å². The fraction of sp³-hybridized carbons (Fsp3) is 0.222. The van der Waals surface area contributed by atoms with Gasteiger partial charge in [-0.3, -0.25) is 9.63 Å². The highest BCUT2D eigenvalue weighted by molar-refractivity contribution is 6.31. The van der Waals surface area contributed by atoms with Crippen LogP contribution in [0.15, 0.2) is 18.2 Å². The number of hydrogen-bond acceptors (Lipinski definition) is 3. The molecule has 0 unspecified atom stereocenters. The zero-order chi connectivity index (χ0) is 11.3. The normalized spacial score (nSPS) is 10.3. The third-order valence-corrected chi connectivity index (χ3v) is 2.03. The molecule has 82 valence electrons. The van der Waals surface area contributed by atoms with Gasteiger partial charge in [0.2, 0.25) is 5.91 Å². The van der Waals surface area contributed by atoms with Crippen molar-refractivity contribution in [2.45, 2.75) is 6.54 Å². The lowest BCUT2D eigenvalue weighted by atomic mass is 10.2. The van der Waals surface area contributed by atoms with Gasteiger partial charge in [-0.25, -0.2) is 4.39 Å². The smallest absolute Gasteiger partial charge is 0.245 e. The highest BCUT2D eigenvalue weighted by atomic mass is 35.5. The van der Waals surface area contributed by atoms with E-state index in [9.17, 15) is 9.18 Å². The van der Waals surface area contributed by atoms with Gasteiger partial charge in [0.25, 0.3) is 0 Å². The average Bonchev–Trinajstić information content (AvgIpc) is 2.18. The largest absolute Gasteiger partial charge is 0.368 e. The van der Waals surface area contributed by atoms with Gasteiger partial charge in [-0.05, 0) is 11.6 Å². The Morgan fingerprint density at radius 1 is 1.60 bits per heavy atom. The molecule has 0 aliphatic rings. The van der Waals surface area contributed by atoms with Gasteiger partial charge in [0.15, 0.2) is 0 Å². The molecule has 15 heavy (non-hydrogen) atoms. The maximum absolute atomic E-state index is 12.9. The van der Waals surface area contributed by atoms with Crippen LogP contribution in [-0.2, 0) is 16.2 Å². The van der Waals surface area contributed by atoms with Crippen LogP contribution in [0, 0.1) is 5.82 Å². The molecule has 1 amide bonds. The zero-order valence-corrected chi connectivity index (χ0v) is 8.55. The third kappa shape index (κ3) is 3.83. The summed E-state index contributed by atoms with van der Waals surface area (Å²) in [5, 5.41) is 0.0349. The van der Waals surface area contributed by atoms with Crippen LogP contribution in [0.1, 0.15) is 5.56 Å². The van der Waals surface area contributed by atoms with Crippen molar-refractivity contribution < 1.29 is 14.0 Å². The van der Waals surface area contributed by atoms with Crippen molar-refractivity contribution in [3.8, 4) is 0 Å². The van der Waals surface area contributed by atoms with E-state index in [1.54, 1.807) is 6.07 Å². The van der Waals surface area contributed by atoms with Crippen molar-refractivity contribution in [1.29, 1.82) is 0 Å². The maximum Gasteiger partial charge on any atom is 0.245 e. The van der Waals surface area contributed by atoms with Crippen molar-refractivity contribution in [3.05, 3.63) is 34.6 Å². The van der Waals surface area contributed by atoms with Crippen LogP contribution in [0.2, 0.25) is 5.02 Å². The summed E-state index contributed by atoms with van der Waals surface area (Å²) in [6.45, 7) is -0.0448. The van der Waals surface area contributed by atoms with Crippen LogP contribution < -0.4 is 11.2 Å². The second kappa shape index (κ2) is 5.65. The van der Waals surface area contributed by atoms with Crippen LogP contribution in [0.3, 0.4) is 0 Å². The summed E-state index contributed by atoms with van der Waals surface area (Å²) < 4.78 is 12.9. The predicted molar refractivity (Wildman–Crippen MR) is 53.4 cm³/mol. The van der Waals surface area contributed by atoms with Crippen molar-refractivity contribution in [2.75, 3.05) is 6.61 Å². The minimum absolute atomic E-state index is 0.0349. The second-order valence-electron chi connectivity index (χ2n) is 2.79. The molecule has 0 aliphatic carbocycles. The molecule has 1 aromatic rings. The molecule has 0 aromatic heterocycles. The first-order valence-electron chi connectivity index (χ1n) is 4.17. The SMILES string of the molecule is NC(=O)CONCc1cccc(F)c1Cl. The molecule has 6 heteroatoms. The van der Waals surface area contributed by atoms with Crippen LogP contribution in [-0.4, -0.2) is 12.5 Å². The fourth-order valence-electron chi connectivity index (χ4n) is 0.936. The molecule has 0 saturated carbocycles. The molecule has 3 N–H and O–H groups in total. The summed E-state index contributed by atoms with van der Waals surface area (Å²) in [6, 6.07) is 4.44. The highest BCUT2D eigenvalue weighted by Gasteiger charge is 2.04. The summed E-state index contributed by atoms with van der Waals surface area (Å²) >= 11 is 5.67. The Labute approximate surface area is 91.1 Å². The van der Waals surface area contributed by atoms with Crippen LogP contribution in [0.5, 0.6) is 0 Å². The van der Waals surface area contributed by atoms with Gasteiger partial charge >= 0.3 is 0 Å². The third-order valence-electron chi connectivity index (χ3n) is 1.61. The lowest BCUT2D eigenvalue weighted by Crippen LogP contribution is -2.24. The summed E-state index contributed by atoms with van der Waals surface area (Å²) in [7, 11) is 0. The molecule has 1 aromatic carbocycles. The number of rotatable bonds is 5. The molecule has 4 nitrogen and oxygen atoms in total. The zero-order valence-electron chi connectivity index (χ0n) is 7.80. The molecule has 0 aliphatic heterocycles. The number of nitrogens with two attached hydrogens (primary N) is 1. The lowest BCUT2D eigenvalue weighted by Gasteiger charge is -2.06. The molecule has 0 fully saturated rings. The van der Waals surface area contributed by atoms with Crippen molar-refractivity contribution in [2.24, 2.45) is 5.73 Å². The number of carbonyl (C=O) groups excluding carboxylic acids is 1. The second-order valence-corrected chi connectivity index (χ2v) is 3.17. The Balaban J connectivity index is 2.44. The van der Waals surface area contributed by atoms with Gasteiger partial charge in [-0.1, -0.05) is 23.7 Å². The van der Waals surface area contributed by atoms with E-state index in [1.165, 1.54) is 12.1 Å². The Morgan fingerprint density at radius 2 is 2.33 bits per heavy atom. The number of primary amides is 1.